The summed E-state index contributed by atoms with van der Waals surface area (Å²) in [4.78, 5) is 41.8. The molecule has 0 aromatic carbocycles. The van der Waals surface area contributed by atoms with Crippen molar-refractivity contribution in [1.29, 1.82) is 0 Å². The number of carboxylic acid groups (broad SMARTS) is 1. The zero-order chi connectivity index (χ0) is 25.9. The number of carboxylic acids is 1. The van der Waals surface area contributed by atoms with Gasteiger partial charge >= 0.3 is 23.9 Å². The van der Waals surface area contributed by atoms with Crippen LogP contribution < -0.4 is 0 Å². The Morgan fingerprint density at radius 2 is 1.48 bits per heavy atom. The molecule has 33 heavy (non-hydrogen) atoms. The fraction of sp³-hybridized carbons (Fsp3) is 0.520. The molecule has 0 fully saturated rings. The zero-order valence-corrected chi connectivity index (χ0v) is 20.3. The average molecular weight is 469 g/mol. The van der Waals surface area contributed by atoms with E-state index in [9.17, 15) is 19.2 Å². The number of hydrogen-bond acceptors (Lipinski definition) is 7. The van der Waals surface area contributed by atoms with Gasteiger partial charge < -0.3 is 19.3 Å². The van der Waals surface area contributed by atoms with Gasteiger partial charge in [-0.3, -0.25) is 4.79 Å². The Hall–Kier alpha value is -3.16. The summed E-state index contributed by atoms with van der Waals surface area (Å²) in [6.07, 6.45) is 11.4. The van der Waals surface area contributed by atoms with Gasteiger partial charge in [0.15, 0.2) is 0 Å². The van der Waals surface area contributed by atoms with Gasteiger partial charge in [-0.2, -0.15) is 0 Å². The summed E-state index contributed by atoms with van der Waals surface area (Å²) in [6.45, 7) is 17.2. The third-order valence-corrected chi connectivity index (χ3v) is 3.62. The fourth-order valence-electron chi connectivity index (χ4n) is 1.71. The van der Waals surface area contributed by atoms with Gasteiger partial charge in [0, 0.05) is 17.7 Å². The molecule has 188 valence electrons. The Kier molecular flexibility index (Phi) is 28.1. The van der Waals surface area contributed by atoms with E-state index in [0.29, 0.717) is 25.2 Å². The average Bonchev–Trinajstić information content (AvgIpc) is 2.79. The number of ether oxygens (including phenoxy) is 3. The predicted molar refractivity (Wildman–Crippen MR) is 128 cm³/mol. The van der Waals surface area contributed by atoms with E-state index >= 15 is 0 Å². The number of carbonyl (C=O) groups is 4. The molecular formula is C25H40O8. The summed E-state index contributed by atoms with van der Waals surface area (Å²) in [5.41, 5.74) is 0.565. The molecule has 0 radical (unpaired) electrons. The van der Waals surface area contributed by atoms with Crippen molar-refractivity contribution in [2.45, 2.75) is 72.1 Å². The standard InChI is InChI=1S/C11H20O2.C7H8O4.C7H12O2/c1-4-6-7-8-9-13-11(12)10(3)5-2;1-2-11-7(10)5-3-4-6(8)9;1-3-5-6-9-7(8)4-2/h3-9H2,1-2H3;2-4H,1,5H2,(H,8,9);4H,2-3,5-6H2,1H3. The summed E-state index contributed by atoms with van der Waals surface area (Å²) in [6, 6.07) is 0. The topological polar surface area (TPSA) is 116 Å². The molecule has 0 aromatic heterocycles. The third kappa shape index (κ3) is 31.1. The lowest BCUT2D eigenvalue weighted by atomic mass is 10.2. The van der Waals surface area contributed by atoms with Gasteiger partial charge in [-0.15, -0.1) is 0 Å². The maximum Gasteiger partial charge on any atom is 0.333 e. The van der Waals surface area contributed by atoms with Crippen LogP contribution >= 0.6 is 0 Å². The summed E-state index contributed by atoms with van der Waals surface area (Å²) in [7, 11) is 0. The quantitative estimate of drug-likeness (QED) is 0.113. The van der Waals surface area contributed by atoms with Gasteiger partial charge in [0.1, 0.15) is 0 Å². The molecule has 0 spiro atoms. The van der Waals surface area contributed by atoms with E-state index in [4.69, 9.17) is 9.84 Å². The van der Waals surface area contributed by atoms with Crippen molar-refractivity contribution in [3.05, 3.63) is 49.8 Å². The second-order valence-electron chi connectivity index (χ2n) is 6.48. The van der Waals surface area contributed by atoms with E-state index in [1.165, 1.54) is 25.0 Å². The van der Waals surface area contributed by atoms with E-state index in [1.807, 2.05) is 13.8 Å². The first-order valence-electron chi connectivity index (χ1n) is 11.0. The van der Waals surface area contributed by atoms with Crippen LogP contribution in [0.25, 0.3) is 0 Å². The van der Waals surface area contributed by atoms with Gasteiger partial charge in [-0.05, 0) is 19.3 Å². The highest BCUT2D eigenvalue weighted by Gasteiger charge is 2.04. The number of rotatable bonds is 15. The molecule has 0 amide bonds. The minimum absolute atomic E-state index is 0.0572. The molecule has 0 heterocycles. The zero-order valence-electron chi connectivity index (χ0n) is 20.3. The number of esters is 3. The highest BCUT2D eigenvalue weighted by atomic mass is 16.5. The van der Waals surface area contributed by atoms with E-state index in [-0.39, 0.29) is 18.4 Å². The van der Waals surface area contributed by atoms with Crippen molar-refractivity contribution < 1.29 is 38.5 Å². The van der Waals surface area contributed by atoms with Gasteiger partial charge in [0.05, 0.1) is 25.9 Å². The lowest BCUT2D eigenvalue weighted by molar-refractivity contribution is -0.139. The molecule has 0 aromatic rings. The molecule has 1 N–H and O–H groups in total. The molecule has 0 bridgehead atoms. The second-order valence-corrected chi connectivity index (χ2v) is 6.48. The molecule has 0 aliphatic rings. The molecule has 8 nitrogen and oxygen atoms in total. The Bertz CT molecular complexity index is 620. The maximum absolute atomic E-state index is 11.1. The number of aliphatic carboxylic acids is 1. The molecule has 0 unspecified atom stereocenters. The van der Waals surface area contributed by atoms with Crippen LogP contribution in [-0.2, 0) is 33.4 Å². The summed E-state index contributed by atoms with van der Waals surface area (Å²) >= 11 is 0. The first-order valence-corrected chi connectivity index (χ1v) is 11.0. The van der Waals surface area contributed by atoms with Crippen LogP contribution in [0.2, 0.25) is 0 Å². The molecule has 0 aliphatic carbocycles. The molecule has 0 rings (SSSR count). The van der Waals surface area contributed by atoms with Crippen molar-refractivity contribution in [3.8, 4) is 0 Å². The number of carbonyl (C=O) groups excluding carboxylic acids is 3. The van der Waals surface area contributed by atoms with Crippen LogP contribution in [0, 0.1) is 0 Å². The third-order valence-electron chi connectivity index (χ3n) is 3.62. The van der Waals surface area contributed by atoms with E-state index in [1.54, 1.807) is 0 Å². The summed E-state index contributed by atoms with van der Waals surface area (Å²) < 4.78 is 14.0. The van der Waals surface area contributed by atoms with E-state index in [2.05, 4.69) is 36.1 Å². The minimum Gasteiger partial charge on any atom is -0.478 e. The Morgan fingerprint density at radius 1 is 0.879 bits per heavy atom. The van der Waals surface area contributed by atoms with Crippen molar-refractivity contribution in [1.82, 2.24) is 0 Å². The smallest absolute Gasteiger partial charge is 0.333 e. The predicted octanol–water partition coefficient (Wildman–Crippen LogP) is 5.30. The van der Waals surface area contributed by atoms with Crippen LogP contribution in [-0.4, -0.2) is 42.2 Å². The van der Waals surface area contributed by atoms with Gasteiger partial charge in [-0.1, -0.05) is 72.3 Å². The van der Waals surface area contributed by atoms with Crippen molar-refractivity contribution in [2.24, 2.45) is 0 Å². The molecule has 0 saturated carbocycles. The van der Waals surface area contributed by atoms with Crippen LogP contribution in [0.3, 0.4) is 0 Å². The normalized spacial score (nSPS) is 9.30. The van der Waals surface area contributed by atoms with Crippen LogP contribution in [0.1, 0.15) is 72.1 Å². The molecule has 8 heteroatoms. The first kappa shape index (κ1) is 34.5. The molecular weight excluding hydrogens is 428 g/mol. The lowest BCUT2D eigenvalue weighted by Gasteiger charge is -2.04. The summed E-state index contributed by atoms with van der Waals surface area (Å²) in [5.74, 6) is -2.18. The fourth-order valence-corrected chi connectivity index (χ4v) is 1.71. The van der Waals surface area contributed by atoms with Crippen molar-refractivity contribution in [3.63, 3.8) is 0 Å². The highest BCUT2D eigenvalue weighted by molar-refractivity contribution is 5.87. The van der Waals surface area contributed by atoms with Gasteiger partial charge in [0.25, 0.3) is 0 Å². The second kappa shape index (κ2) is 26.9. The Balaban J connectivity index is -0.000000416. The SMILES string of the molecule is C=C(CC)C(=O)OCCCCCC.C=CC(=O)OCCCC.C=COC(=O)CC=CC(=O)O. The number of hydrogen-bond donors (Lipinski definition) is 1. The molecule has 0 aliphatic heterocycles. The van der Waals surface area contributed by atoms with Crippen LogP contribution in [0.4, 0.5) is 0 Å². The monoisotopic (exact) mass is 468 g/mol. The minimum atomic E-state index is -1.09. The lowest BCUT2D eigenvalue weighted by Crippen LogP contribution is -2.07. The first-order chi connectivity index (χ1) is 15.7. The Labute approximate surface area is 198 Å². The maximum atomic E-state index is 11.1. The highest BCUT2D eigenvalue weighted by Crippen LogP contribution is 2.03. The van der Waals surface area contributed by atoms with Gasteiger partial charge in [-0.25, -0.2) is 14.4 Å². The largest absolute Gasteiger partial charge is 0.478 e. The summed E-state index contributed by atoms with van der Waals surface area (Å²) in [5, 5.41) is 8.10. The molecule has 0 saturated heterocycles. The van der Waals surface area contributed by atoms with Gasteiger partial charge in [0.2, 0.25) is 0 Å². The van der Waals surface area contributed by atoms with Crippen molar-refractivity contribution >= 4 is 23.9 Å². The van der Waals surface area contributed by atoms with E-state index < -0.39 is 11.9 Å². The van der Waals surface area contributed by atoms with Crippen LogP contribution in [0.5, 0.6) is 0 Å². The van der Waals surface area contributed by atoms with E-state index in [0.717, 1.165) is 38.0 Å². The van der Waals surface area contributed by atoms with Crippen molar-refractivity contribution in [2.75, 3.05) is 13.2 Å². The molecule has 0 atom stereocenters. The Morgan fingerprint density at radius 3 is 1.97 bits per heavy atom. The van der Waals surface area contributed by atoms with Crippen LogP contribution in [0.15, 0.2) is 49.8 Å². The number of unbranched alkanes of at least 4 members (excludes halogenated alkanes) is 4.